The number of para-hydroxylation sites is 2. The predicted molar refractivity (Wildman–Crippen MR) is 105 cm³/mol. The van der Waals surface area contributed by atoms with Gasteiger partial charge in [-0.2, -0.15) is 0 Å². The third kappa shape index (κ3) is 5.28. The fraction of sp³-hybridized carbons (Fsp3) is 0.190. The number of nitrogens with one attached hydrogen (secondary N) is 2. The maximum atomic E-state index is 12.2. The maximum absolute atomic E-state index is 12.2. The average Bonchev–Trinajstić information content (AvgIpc) is 2.71. The van der Waals surface area contributed by atoms with Crippen LogP contribution in [-0.4, -0.2) is 29.0 Å². The lowest BCUT2D eigenvalue weighted by Gasteiger charge is -2.11. The Bertz CT molecular complexity index is 867. The number of anilines is 2. The topological polar surface area (TPSA) is 76.1 Å². The molecule has 0 unspecified atom stereocenters. The number of rotatable bonds is 8. The zero-order chi connectivity index (χ0) is 18.9. The number of carbonyl (C=O) groups is 1. The van der Waals surface area contributed by atoms with Crippen LogP contribution in [0.5, 0.6) is 5.75 Å². The van der Waals surface area contributed by atoms with E-state index in [1.807, 2.05) is 61.5 Å². The predicted octanol–water partition coefficient (Wildman–Crippen LogP) is 3.59. The van der Waals surface area contributed by atoms with Crippen LogP contribution in [0, 0.1) is 0 Å². The van der Waals surface area contributed by atoms with Crippen molar-refractivity contribution in [3.05, 3.63) is 78.1 Å². The molecule has 0 saturated carbocycles. The number of hydrogen-bond donors (Lipinski definition) is 2. The molecule has 0 aliphatic heterocycles. The highest BCUT2D eigenvalue weighted by atomic mass is 16.5. The Balaban J connectivity index is 1.56. The molecule has 0 spiro atoms. The second-order valence-electron chi connectivity index (χ2n) is 5.84. The Kier molecular flexibility index (Phi) is 6.35. The Morgan fingerprint density at radius 3 is 2.44 bits per heavy atom. The van der Waals surface area contributed by atoms with Crippen LogP contribution >= 0.6 is 0 Å². The second-order valence-corrected chi connectivity index (χ2v) is 5.84. The van der Waals surface area contributed by atoms with E-state index in [-0.39, 0.29) is 5.91 Å². The first kappa shape index (κ1) is 18.4. The molecule has 2 N–H and O–H groups in total. The van der Waals surface area contributed by atoms with E-state index in [1.54, 1.807) is 0 Å². The first-order valence-electron chi connectivity index (χ1n) is 8.89. The van der Waals surface area contributed by atoms with Crippen LogP contribution in [0.15, 0.2) is 67.0 Å². The third-order valence-electron chi connectivity index (χ3n) is 3.89. The lowest BCUT2D eigenvalue weighted by molar-refractivity contribution is 0.0953. The minimum absolute atomic E-state index is 0.188. The van der Waals surface area contributed by atoms with Crippen molar-refractivity contribution in [2.24, 2.45) is 0 Å². The molecule has 0 fully saturated rings. The van der Waals surface area contributed by atoms with Gasteiger partial charge in [0.05, 0.1) is 17.9 Å². The number of ether oxygens (including phenoxy) is 1. The van der Waals surface area contributed by atoms with Gasteiger partial charge in [0.25, 0.3) is 5.91 Å². The van der Waals surface area contributed by atoms with Crippen LogP contribution in [0.1, 0.15) is 22.8 Å². The van der Waals surface area contributed by atoms with Gasteiger partial charge in [-0.1, -0.05) is 42.5 Å². The Labute approximate surface area is 158 Å². The summed E-state index contributed by atoms with van der Waals surface area (Å²) >= 11 is 0. The van der Waals surface area contributed by atoms with E-state index >= 15 is 0 Å². The molecule has 0 aliphatic carbocycles. The van der Waals surface area contributed by atoms with E-state index in [9.17, 15) is 4.79 Å². The lowest BCUT2D eigenvalue weighted by atomic mass is 10.1. The number of carbonyl (C=O) groups excluding carboxylic acids is 1. The number of hydrogen-bond acceptors (Lipinski definition) is 5. The van der Waals surface area contributed by atoms with Gasteiger partial charge in [-0.25, -0.2) is 9.97 Å². The quantitative estimate of drug-likeness (QED) is 0.640. The average molecular weight is 362 g/mol. The summed E-state index contributed by atoms with van der Waals surface area (Å²) in [5.74, 6) is 0.946. The molecule has 0 radical (unpaired) electrons. The summed E-state index contributed by atoms with van der Waals surface area (Å²) in [6.45, 7) is 3.06. The molecule has 0 atom stereocenters. The molecule has 1 aromatic heterocycles. The highest BCUT2D eigenvalue weighted by molar-refractivity contribution is 5.93. The van der Waals surface area contributed by atoms with Gasteiger partial charge in [0.1, 0.15) is 5.75 Å². The molecule has 6 nitrogen and oxygen atoms in total. The molecule has 0 bridgehead atoms. The zero-order valence-electron chi connectivity index (χ0n) is 15.2. The van der Waals surface area contributed by atoms with Crippen LogP contribution in [-0.2, 0) is 6.42 Å². The van der Waals surface area contributed by atoms with Crippen molar-refractivity contribution >= 4 is 17.5 Å². The van der Waals surface area contributed by atoms with Gasteiger partial charge in [-0.15, -0.1) is 0 Å². The lowest BCUT2D eigenvalue weighted by Crippen LogP contribution is -2.26. The van der Waals surface area contributed by atoms with Crippen LogP contribution in [0.4, 0.5) is 11.6 Å². The highest BCUT2D eigenvalue weighted by Gasteiger charge is 2.08. The van der Waals surface area contributed by atoms with Crippen molar-refractivity contribution < 1.29 is 9.53 Å². The Hall–Kier alpha value is -3.41. The summed E-state index contributed by atoms with van der Waals surface area (Å²) in [6, 6.07) is 17.6. The standard InChI is InChI=1S/C21H22N4O2/c1-2-27-19-11-7-6-10-18(19)25-21-23-14-17(15-24-21)20(26)22-13-12-16-8-4-3-5-9-16/h3-11,14-15H,2,12-13H2,1H3,(H,22,26)(H,23,24,25). The van der Waals surface area contributed by atoms with Gasteiger partial charge in [0.15, 0.2) is 0 Å². The van der Waals surface area contributed by atoms with Gasteiger partial charge in [0.2, 0.25) is 5.95 Å². The molecule has 2 aromatic carbocycles. The first-order valence-corrected chi connectivity index (χ1v) is 8.89. The summed E-state index contributed by atoms with van der Waals surface area (Å²) in [5.41, 5.74) is 2.38. The molecule has 1 heterocycles. The Morgan fingerprint density at radius 2 is 1.70 bits per heavy atom. The smallest absolute Gasteiger partial charge is 0.254 e. The van der Waals surface area contributed by atoms with Gasteiger partial charge in [-0.3, -0.25) is 4.79 Å². The molecule has 1 amide bonds. The monoisotopic (exact) mass is 362 g/mol. The van der Waals surface area contributed by atoms with E-state index in [0.29, 0.717) is 24.7 Å². The van der Waals surface area contributed by atoms with E-state index in [4.69, 9.17) is 4.74 Å². The highest BCUT2D eigenvalue weighted by Crippen LogP contribution is 2.25. The van der Waals surface area contributed by atoms with Crippen molar-refractivity contribution in [2.75, 3.05) is 18.5 Å². The minimum Gasteiger partial charge on any atom is -0.492 e. The second kappa shape index (κ2) is 9.33. The van der Waals surface area contributed by atoms with Crippen molar-refractivity contribution in [1.82, 2.24) is 15.3 Å². The molecule has 6 heteroatoms. The van der Waals surface area contributed by atoms with Crippen molar-refractivity contribution in [3.63, 3.8) is 0 Å². The molecule has 3 aromatic rings. The number of benzene rings is 2. The van der Waals surface area contributed by atoms with Crippen LogP contribution in [0.3, 0.4) is 0 Å². The van der Waals surface area contributed by atoms with Crippen LogP contribution < -0.4 is 15.4 Å². The summed E-state index contributed by atoms with van der Waals surface area (Å²) in [4.78, 5) is 20.7. The summed E-state index contributed by atoms with van der Waals surface area (Å²) < 4.78 is 5.57. The van der Waals surface area contributed by atoms with Crippen LogP contribution in [0.25, 0.3) is 0 Å². The largest absolute Gasteiger partial charge is 0.492 e. The van der Waals surface area contributed by atoms with E-state index in [0.717, 1.165) is 17.9 Å². The number of aromatic nitrogens is 2. The van der Waals surface area contributed by atoms with E-state index in [2.05, 4.69) is 20.6 Å². The normalized spacial score (nSPS) is 10.3. The summed E-state index contributed by atoms with van der Waals surface area (Å²) in [6.07, 6.45) is 3.80. The fourth-order valence-corrected chi connectivity index (χ4v) is 2.55. The third-order valence-corrected chi connectivity index (χ3v) is 3.89. The van der Waals surface area contributed by atoms with Gasteiger partial charge < -0.3 is 15.4 Å². The maximum Gasteiger partial charge on any atom is 0.254 e. The molecule has 138 valence electrons. The molecule has 27 heavy (non-hydrogen) atoms. The zero-order valence-corrected chi connectivity index (χ0v) is 15.2. The first-order chi connectivity index (χ1) is 13.3. The molecule has 0 saturated heterocycles. The van der Waals surface area contributed by atoms with Crippen LogP contribution in [0.2, 0.25) is 0 Å². The minimum atomic E-state index is -0.188. The summed E-state index contributed by atoms with van der Waals surface area (Å²) in [5, 5.41) is 5.99. The van der Waals surface area contributed by atoms with Crippen molar-refractivity contribution in [3.8, 4) is 5.75 Å². The van der Waals surface area contributed by atoms with Gasteiger partial charge >= 0.3 is 0 Å². The molecule has 0 aliphatic rings. The van der Waals surface area contributed by atoms with Crippen molar-refractivity contribution in [2.45, 2.75) is 13.3 Å². The number of nitrogens with zero attached hydrogens (tertiary/aromatic N) is 2. The van der Waals surface area contributed by atoms with E-state index in [1.165, 1.54) is 18.0 Å². The SMILES string of the molecule is CCOc1ccccc1Nc1ncc(C(=O)NCCc2ccccc2)cn1. The molecule has 3 rings (SSSR count). The fourth-order valence-electron chi connectivity index (χ4n) is 2.55. The summed E-state index contributed by atoms with van der Waals surface area (Å²) in [7, 11) is 0. The number of amides is 1. The molecular weight excluding hydrogens is 340 g/mol. The van der Waals surface area contributed by atoms with Gasteiger partial charge in [-0.05, 0) is 31.0 Å². The van der Waals surface area contributed by atoms with E-state index < -0.39 is 0 Å². The molecular formula is C21H22N4O2. The van der Waals surface area contributed by atoms with Gasteiger partial charge in [0, 0.05) is 18.9 Å². The van der Waals surface area contributed by atoms with Crippen molar-refractivity contribution in [1.29, 1.82) is 0 Å². The Morgan fingerprint density at radius 1 is 1.00 bits per heavy atom.